The molecule has 0 bridgehead atoms. The van der Waals surface area contributed by atoms with E-state index in [0.29, 0.717) is 24.6 Å². The molecule has 0 radical (unpaired) electrons. The Hall–Kier alpha value is -3.65. The maximum atomic E-state index is 12.6. The molecule has 1 amide bonds. The number of benzene rings is 1. The van der Waals surface area contributed by atoms with Crippen molar-refractivity contribution in [1.82, 2.24) is 24.8 Å². The summed E-state index contributed by atoms with van der Waals surface area (Å²) in [4.78, 5) is 24.5. The van der Waals surface area contributed by atoms with E-state index in [1.165, 1.54) is 0 Å². The van der Waals surface area contributed by atoms with Gasteiger partial charge in [-0.3, -0.25) is 4.79 Å². The Morgan fingerprint density at radius 1 is 1.11 bits per heavy atom. The van der Waals surface area contributed by atoms with E-state index in [2.05, 4.69) is 25.1 Å². The lowest BCUT2D eigenvalue weighted by Crippen LogP contribution is -2.40. The number of likely N-dealkylation sites (tertiary alicyclic amines) is 1. The molecule has 2 N–H and O–H groups in total. The van der Waals surface area contributed by atoms with E-state index in [9.17, 15) is 4.79 Å². The van der Waals surface area contributed by atoms with Gasteiger partial charge in [0.05, 0.1) is 18.4 Å². The van der Waals surface area contributed by atoms with Gasteiger partial charge < -0.3 is 24.5 Å². The van der Waals surface area contributed by atoms with Crippen molar-refractivity contribution >= 4 is 22.8 Å². The van der Waals surface area contributed by atoms with Crippen molar-refractivity contribution in [2.75, 3.05) is 38.5 Å². The largest absolute Gasteiger partial charge is 0.467 e. The SMILES string of the molecule is CNc1ccccc1C(=O)NCCN1CCC(Cc2nc3cccnc3n2Cc2ccco2)CC1. The lowest BCUT2D eigenvalue weighted by molar-refractivity contribution is 0.0944. The first-order chi connectivity index (χ1) is 17.2. The number of hydrogen-bond acceptors (Lipinski definition) is 6. The van der Waals surface area contributed by atoms with Gasteiger partial charge >= 0.3 is 0 Å². The van der Waals surface area contributed by atoms with Gasteiger partial charge in [0.25, 0.3) is 5.91 Å². The molecule has 182 valence electrons. The summed E-state index contributed by atoms with van der Waals surface area (Å²) in [6.45, 7) is 4.22. The monoisotopic (exact) mass is 472 g/mol. The third kappa shape index (κ3) is 5.38. The minimum Gasteiger partial charge on any atom is -0.467 e. The minimum absolute atomic E-state index is 0.0334. The average Bonchev–Trinajstić information content (AvgIpc) is 3.53. The lowest BCUT2D eigenvalue weighted by atomic mass is 9.93. The van der Waals surface area contributed by atoms with Gasteiger partial charge in [0.1, 0.15) is 17.1 Å². The van der Waals surface area contributed by atoms with Crippen LogP contribution in [0.3, 0.4) is 0 Å². The standard InChI is InChI=1S/C27H32N6O2/c1-28-23-8-3-2-7-22(23)27(34)30-13-16-32-14-10-20(11-15-32)18-25-31-24-9-4-12-29-26(24)33(25)19-21-6-5-17-35-21/h2-9,12,17,20,28H,10-11,13-16,18-19H2,1H3,(H,30,34). The maximum Gasteiger partial charge on any atom is 0.253 e. The number of para-hydroxylation sites is 1. The van der Waals surface area contributed by atoms with Crippen molar-refractivity contribution < 1.29 is 9.21 Å². The van der Waals surface area contributed by atoms with Crippen molar-refractivity contribution in [1.29, 1.82) is 0 Å². The molecule has 0 unspecified atom stereocenters. The zero-order valence-corrected chi connectivity index (χ0v) is 20.1. The van der Waals surface area contributed by atoms with Crippen LogP contribution in [0.5, 0.6) is 0 Å². The molecular weight excluding hydrogens is 440 g/mol. The third-order valence-electron chi connectivity index (χ3n) is 6.81. The van der Waals surface area contributed by atoms with E-state index in [-0.39, 0.29) is 5.91 Å². The summed E-state index contributed by atoms with van der Waals surface area (Å²) in [5.74, 6) is 2.53. The first-order valence-electron chi connectivity index (χ1n) is 12.3. The van der Waals surface area contributed by atoms with Crippen LogP contribution < -0.4 is 10.6 Å². The molecule has 0 atom stereocenters. The van der Waals surface area contributed by atoms with Gasteiger partial charge in [-0.15, -0.1) is 0 Å². The van der Waals surface area contributed by atoms with Crippen LogP contribution >= 0.6 is 0 Å². The number of aromatic nitrogens is 3. The average molecular weight is 473 g/mol. The van der Waals surface area contributed by atoms with Gasteiger partial charge in [-0.25, -0.2) is 9.97 Å². The summed E-state index contributed by atoms with van der Waals surface area (Å²) in [7, 11) is 1.83. The van der Waals surface area contributed by atoms with Gasteiger partial charge in [-0.2, -0.15) is 0 Å². The van der Waals surface area contributed by atoms with Crippen LogP contribution in [-0.2, 0) is 13.0 Å². The number of nitrogens with zero attached hydrogens (tertiary/aromatic N) is 4. The van der Waals surface area contributed by atoms with Crippen molar-refractivity contribution in [2.24, 2.45) is 5.92 Å². The molecule has 8 nitrogen and oxygen atoms in total. The number of rotatable bonds is 9. The summed E-state index contributed by atoms with van der Waals surface area (Å²) >= 11 is 0. The molecule has 1 aromatic carbocycles. The Morgan fingerprint density at radius 2 is 1.97 bits per heavy atom. The molecule has 35 heavy (non-hydrogen) atoms. The molecule has 1 aliphatic heterocycles. The van der Waals surface area contributed by atoms with E-state index in [4.69, 9.17) is 9.40 Å². The zero-order chi connectivity index (χ0) is 24.0. The molecule has 1 aliphatic rings. The van der Waals surface area contributed by atoms with Crippen molar-refractivity contribution in [2.45, 2.75) is 25.8 Å². The third-order valence-corrected chi connectivity index (χ3v) is 6.81. The number of imidazole rings is 1. The number of hydrogen-bond donors (Lipinski definition) is 2. The number of piperidine rings is 1. The fraction of sp³-hybridized carbons (Fsp3) is 0.370. The Morgan fingerprint density at radius 3 is 2.77 bits per heavy atom. The van der Waals surface area contributed by atoms with Gasteiger partial charge in [-0.1, -0.05) is 12.1 Å². The highest BCUT2D eigenvalue weighted by Gasteiger charge is 2.23. The molecule has 1 fully saturated rings. The molecule has 4 aromatic rings. The fourth-order valence-electron chi connectivity index (χ4n) is 4.88. The molecule has 1 saturated heterocycles. The highest BCUT2D eigenvalue weighted by molar-refractivity contribution is 5.99. The van der Waals surface area contributed by atoms with Crippen LogP contribution in [0.15, 0.2) is 65.4 Å². The Balaban J connectivity index is 1.14. The predicted octanol–water partition coefficient (Wildman–Crippen LogP) is 3.80. The first-order valence-corrected chi connectivity index (χ1v) is 12.3. The van der Waals surface area contributed by atoms with Crippen molar-refractivity contribution in [3.05, 3.63) is 78.1 Å². The molecule has 0 aliphatic carbocycles. The Labute approximate surface area is 205 Å². The molecule has 3 aromatic heterocycles. The second-order valence-corrected chi connectivity index (χ2v) is 9.08. The van der Waals surface area contributed by atoms with E-state index in [1.807, 2.05) is 61.8 Å². The second-order valence-electron chi connectivity index (χ2n) is 9.08. The molecule has 5 rings (SSSR count). The molecule has 0 saturated carbocycles. The van der Waals surface area contributed by atoms with Crippen LogP contribution in [-0.4, -0.2) is 58.6 Å². The first kappa shape index (κ1) is 23.1. The van der Waals surface area contributed by atoms with Crippen LogP contribution in [0, 0.1) is 5.92 Å². The number of fused-ring (bicyclic) bond motifs is 1. The molecule has 0 spiro atoms. The van der Waals surface area contributed by atoms with Gasteiger partial charge in [0, 0.05) is 38.4 Å². The highest BCUT2D eigenvalue weighted by Crippen LogP contribution is 2.24. The van der Waals surface area contributed by atoms with Gasteiger partial charge in [-0.05, 0) is 68.2 Å². The Kier molecular flexibility index (Phi) is 7.09. The van der Waals surface area contributed by atoms with Crippen molar-refractivity contribution in [3.63, 3.8) is 0 Å². The summed E-state index contributed by atoms with van der Waals surface area (Å²) in [5.41, 5.74) is 3.37. The van der Waals surface area contributed by atoms with E-state index in [1.54, 1.807) is 6.26 Å². The number of amides is 1. The van der Waals surface area contributed by atoms with E-state index in [0.717, 1.165) is 67.3 Å². The summed E-state index contributed by atoms with van der Waals surface area (Å²) in [5, 5.41) is 6.14. The fourth-order valence-corrected chi connectivity index (χ4v) is 4.88. The number of carbonyl (C=O) groups excluding carboxylic acids is 1. The number of nitrogens with one attached hydrogen (secondary N) is 2. The van der Waals surface area contributed by atoms with Crippen LogP contribution in [0.25, 0.3) is 11.2 Å². The molecule has 4 heterocycles. The smallest absolute Gasteiger partial charge is 0.253 e. The van der Waals surface area contributed by atoms with E-state index < -0.39 is 0 Å². The second kappa shape index (κ2) is 10.7. The lowest BCUT2D eigenvalue weighted by Gasteiger charge is -2.31. The highest BCUT2D eigenvalue weighted by atomic mass is 16.3. The van der Waals surface area contributed by atoms with Crippen LogP contribution in [0.4, 0.5) is 5.69 Å². The summed E-state index contributed by atoms with van der Waals surface area (Å²) in [6, 6.07) is 15.4. The van der Waals surface area contributed by atoms with Crippen LogP contribution in [0.2, 0.25) is 0 Å². The maximum absolute atomic E-state index is 12.6. The number of pyridine rings is 1. The predicted molar refractivity (Wildman–Crippen MR) is 137 cm³/mol. The molecule has 8 heteroatoms. The van der Waals surface area contributed by atoms with E-state index >= 15 is 0 Å². The summed E-state index contributed by atoms with van der Waals surface area (Å²) < 4.78 is 7.79. The van der Waals surface area contributed by atoms with Gasteiger partial charge in [0.15, 0.2) is 5.65 Å². The number of carbonyl (C=O) groups is 1. The molecular formula is C27H32N6O2. The number of furan rings is 1. The minimum atomic E-state index is -0.0334. The van der Waals surface area contributed by atoms with Crippen LogP contribution in [0.1, 0.15) is 34.8 Å². The Bertz CT molecular complexity index is 1260. The topological polar surface area (TPSA) is 88.2 Å². The van der Waals surface area contributed by atoms with Gasteiger partial charge in [0.2, 0.25) is 0 Å². The zero-order valence-electron chi connectivity index (χ0n) is 20.1. The number of anilines is 1. The normalized spacial score (nSPS) is 14.9. The summed E-state index contributed by atoms with van der Waals surface area (Å²) in [6.07, 6.45) is 6.70. The van der Waals surface area contributed by atoms with Crippen molar-refractivity contribution in [3.8, 4) is 0 Å². The quantitative estimate of drug-likeness (QED) is 0.385.